The van der Waals surface area contributed by atoms with Gasteiger partial charge in [-0.25, -0.2) is 22.2 Å². The van der Waals surface area contributed by atoms with Gasteiger partial charge in [-0.1, -0.05) is 30.3 Å². The van der Waals surface area contributed by atoms with Crippen molar-refractivity contribution in [1.82, 2.24) is 14.2 Å². The number of aromatic nitrogens is 1. The van der Waals surface area contributed by atoms with Gasteiger partial charge in [-0.2, -0.15) is 4.31 Å². The third kappa shape index (κ3) is 3.58. The summed E-state index contributed by atoms with van der Waals surface area (Å²) in [7, 11) is -4.34. The maximum Gasteiger partial charge on any atom is 0.272 e. The third-order valence-electron chi connectivity index (χ3n) is 4.86. The largest absolute Gasteiger partial charge is 0.335 e. The number of hydrogen-bond donors (Lipinski definition) is 0. The molecule has 0 saturated carbocycles. The fourth-order valence-electron chi connectivity index (χ4n) is 3.34. The summed E-state index contributed by atoms with van der Waals surface area (Å²) in [5.41, 5.74) is 0.953. The van der Waals surface area contributed by atoms with Crippen LogP contribution in [0.25, 0.3) is 10.9 Å². The molecule has 0 spiro atoms. The second kappa shape index (κ2) is 7.49. The number of carbonyl (C=O) groups excluding carboxylic acids is 1. The lowest BCUT2D eigenvalue weighted by Crippen LogP contribution is -2.50. The summed E-state index contributed by atoms with van der Waals surface area (Å²) in [5, 5.41) is 0.909. The molecule has 2 heterocycles. The molecule has 0 N–H and O–H groups in total. The first-order valence-electron chi connectivity index (χ1n) is 8.97. The average molecular weight is 417 g/mol. The summed E-state index contributed by atoms with van der Waals surface area (Å²) in [6.45, 7) is 0.0795. The van der Waals surface area contributed by atoms with Crippen LogP contribution in [-0.4, -0.2) is 54.7 Å². The van der Waals surface area contributed by atoms with E-state index < -0.39 is 26.6 Å². The second-order valence-corrected chi connectivity index (χ2v) is 8.51. The predicted molar refractivity (Wildman–Crippen MR) is 103 cm³/mol. The fraction of sp³-hybridized carbons (Fsp3) is 0.200. The van der Waals surface area contributed by atoms with Crippen molar-refractivity contribution in [1.29, 1.82) is 0 Å². The molecule has 1 amide bonds. The predicted octanol–water partition coefficient (Wildman–Crippen LogP) is 2.66. The molecule has 0 atom stereocenters. The fourth-order valence-corrected chi connectivity index (χ4v) is 4.87. The SMILES string of the molecule is O=C(c1ccc2ccccc2n1)N1CCN(S(=O)(=O)c2c(F)cccc2F)CC1. The number of halogens is 2. The summed E-state index contributed by atoms with van der Waals surface area (Å²) in [6, 6.07) is 13.7. The van der Waals surface area contributed by atoms with Crippen LogP contribution < -0.4 is 0 Å². The smallest absolute Gasteiger partial charge is 0.272 e. The molecular weight excluding hydrogens is 400 g/mol. The minimum atomic E-state index is -4.34. The van der Waals surface area contributed by atoms with Crippen molar-refractivity contribution in [2.45, 2.75) is 4.90 Å². The molecule has 1 aliphatic rings. The van der Waals surface area contributed by atoms with Gasteiger partial charge < -0.3 is 4.90 Å². The lowest BCUT2D eigenvalue weighted by molar-refractivity contribution is 0.0692. The number of piperazine rings is 1. The van der Waals surface area contributed by atoms with E-state index in [9.17, 15) is 22.0 Å². The number of fused-ring (bicyclic) bond motifs is 1. The molecule has 0 bridgehead atoms. The van der Waals surface area contributed by atoms with E-state index in [1.807, 2.05) is 18.2 Å². The van der Waals surface area contributed by atoms with E-state index in [1.165, 1.54) is 4.90 Å². The Morgan fingerprint density at radius 1 is 0.862 bits per heavy atom. The van der Waals surface area contributed by atoms with Crippen molar-refractivity contribution < 1.29 is 22.0 Å². The van der Waals surface area contributed by atoms with Crippen LogP contribution in [0.4, 0.5) is 8.78 Å². The molecule has 1 aromatic heterocycles. The van der Waals surface area contributed by atoms with Crippen molar-refractivity contribution in [2.75, 3.05) is 26.2 Å². The van der Waals surface area contributed by atoms with Gasteiger partial charge in [0.05, 0.1) is 5.52 Å². The maximum atomic E-state index is 13.9. The Bertz CT molecular complexity index is 1170. The second-order valence-electron chi connectivity index (χ2n) is 6.64. The zero-order valence-electron chi connectivity index (χ0n) is 15.3. The van der Waals surface area contributed by atoms with Crippen molar-refractivity contribution in [3.05, 3.63) is 71.9 Å². The van der Waals surface area contributed by atoms with Gasteiger partial charge in [0.2, 0.25) is 10.0 Å². The number of amides is 1. The van der Waals surface area contributed by atoms with Gasteiger partial charge in [0, 0.05) is 31.6 Å². The van der Waals surface area contributed by atoms with Crippen LogP contribution in [0.3, 0.4) is 0 Å². The molecule has 1 fully saturated rings. The van der Waals surface area contributed by atoms with Crippen molar-refractivity contribution in [3.8, 4) is 0 Å². The van der Waals surface area contributed by atoms with Crippen molar-refractivity contribution in [2.24, 2.45) is 0 Å². The number of rotatable bonds is 3. The van der Waals surface area contributed by atoms with Crippen LogP contribution in [0.1, 0.15) is 10.5 Å². The molecule has 9 heteroatoms. The van der Waals surface area contributed by atoms with Crippen LogP contribution in [0.15, 0.2) is 59.5 Å². The summed E-state index contributed by atoms with van der Waals surface area (Å²) in [6.07, 6.45) is 0. The molecule has 6 nitrogen and oxygen atoms in total. The van der Waals surface area contributed by atoms with E-state index in [0.717, 1.165) is 27.9 Å². The highest BCUT2D eigenvalue weighted by atomic mass is 32.2. The molecule has 0 unspecified atom stereocenters. The Kier molecular flexibility index (Phi) is 5.01. The van der Waals surface area contributed by atoms with Crippen LogP contribution in [0.2, 0.25) is 0 Å². The first-order valence-corrected chi connectivity index (χ1v) is 10.4. The van der Waals surface area contributed by atoms with E-state index in [-0.39, 0.29) is 37.8 Å². The van der Waals surface area contributed by atoms with Crippen LogP contribution in [0.5, 0.6) is 0 Å². The number of nitrogens with zero attached hydrogens (tertiary/aromatic N) is 3. The van der Waals surface area contributed by atoms with Crippen molar-refractivity contribution in [3.63, 3.8) is 0 Å². The zero-order chi connectivity index (χ0) is 20.6. The molecule has 29 heavy (non-hydrogen) atoms. The Morgan fingerprint density at radius 2 is 1.52 bits per heavy atom. The molecule has 0 radical (unpaired) electrons. The van der Waals surface area contributed by atoms with Gasteiger partial charge in [0.15, 0.2) is 4.90 Å². The number of para-hydroxylation sites is 1. The highest BCUT2D eigenvalue weighted by Crippen LogP contribution is 2.24. The standard InChI is InChI=1S/C20H17F2N3O3S/c21-15-5-3-6-16(22)19(15)29(27,28)25-12-10-24(11-13-25)20(26)18-9-8-14-4-1-2-7-17(14)23-18/h1-9H,10-13H2. The minimum Gasteiger partial charge on any atom is -0.335 e. The van der Waals surface area contributed by atoms with Gasteiger partial charge in [-0.15, -0.1) is 0 Å². The number of sulfonamides is 1. The van der Waals surface area contributed by atoms with Crippen LogP contribution in [0, 0.1) is 11.6 Å². The molecule has 150 valence electrons. The minimum absolute atomic E-state index is 0.0601. The first kappa shape index (κ1) is 19.4. The molecule has 3 aromatic rings. The lowest BCUT2D eigenvalue weighted by Gasteiger charge is -2.33. The van der Waals surface area contributed by atoms with E-state index in [2.05, 4.69) is 4.98 Å². The molecular formula is C20H17F2N3O3S. The number of pyridine rings is 1. The van der Waals surface area contributed by atoms with E-state index in [0.29, 0.717) is 5.52 Å². The van der Waals surface area contributed by atoms with Crippen molar-refractivity contribution >= 4 is 26.8 Å². The number of benzene rings is 2. The third-order valence-corrected chi connectivity index (χ3v) is 6.81. The Balaban J connectivity index is 1.50. The molecule has 1 saturated heterocycles. The topological polar surface area (TPSA) is 70.6 Å². The van der Waals surface area contributed by atoms with Gasteiger partial charge in [0.25, 0.3) is 5.91 Å². The summed E-state index contributed by atoms with van der Waals surface area (Å²) in [5.74, 6) is -2.59. The normalized spacial score (nSPS) is 15.6. The summed E-state index contributed by atoms with van der Waals surface area (Å²) in [4.78, 5) is 17.6. The van der Waals surface area contributed by atoms with Gasteiger partial charge in [0.1, 0.15) is 17.3 Å². The summed E-state index contributed by atoms with van der Waals surface area (Å²) >= 11 is 0. The number of hydrogen-bond acceptors (Lipinski definition) is 4. The summed E-state index contributed by atoms with van der Waals surface area (Å²) < 4.78 is 54.2. The highest BCUT2D eigenvalue weighted by molar-refractivity contribution is 7.89. The Morgan fingerprint density at radius 3 is 2.21 bits per heavy atom. The van der Waals surface area contributed by atoms with Gasteiger partial charge in [-0.05, 0) is 24.3 Å². The van der Waals surface area contributed by atoms with Crippen LogP contribution >= 0.6 is 0 Å². The molecule has 1 aliphatic heterocycles. The number of carbonyl (C=O) groups is 1. The molecule has 2 aromatic carbocycles. The van der Waals surface area contributed by atoms with E-state index >= 15 is 0 Å². The molecule has 4 rings (SSSR count). The van der Waals surface area contributed by atoms with E-state index in [4.69, 9.17) is 0 Å². The monoisotopic (exact) mass is 417 g/mol. The highest BCUT2D eigenvalue weighted by Gasteiger charge is 2.34. The first-order chi connectivity index (χ1) is 13.9. The van der Waals surface area contributed by atoms with E-state index in [1.54, 1.807) is 18.2 Å². The lowest BCUT2D eigenvalue weighted by atomic mass is 10.2. The maximum absolute atomic E-state index is 13.9. The van der Waals surface area contributed by atoms with Gasteiger partial charge >= 0.3 is 0 Å². The van der Waals surface area contributed by atoms with Gasteiger partial charge in [-0.3, -0.25) is 4.79 Å². The van der Waals surface area contributed by atoms with Crippen LogP contribution in [-0.2, 0) is 10.0 Å². The quantitative estimate of drug-likeness (QED) is 0.657. The zero-order valence-corrected chi connectivity index (χ0v) is 16.1. The Labute approximate surface area is 166 Å². The Hall–Kier alpha value is -2.91. The molecule has 0 aliphatic carbocycles. The average Bonchev–Trinajstić information content (AvgIpc) is 2.72.